The zero-order valence-electron chi connectivity index (χ0n) is 28.8. The van der Waals surface area contributed by atoms with Crippen LogP contribution in [0.25, 0.3) is 0 Å². The molecule has 0 radical (unpaired) electrons. The maximum atomic E-state index is 14.3. The van der Waals surface area contributed by atoms with Crippen LogP contribution in [-0.2, 0) is 23.9 Å². The van der Waals surface area contributed by atoms with Crippen molar-refractivity contribution in [1.82, 2.24) is 20.9 Å². The Hall–Kier alpha value is -2.69. The van der Waals surface area contributed by atoms with Crippen LogP contribution in [0.3, 0.4) is 0 Å². The van der Waals surface area contributed by atoms with Crippen LogP contribution in [0.2, 0.25) is 0 Å². The number of primary amides is 1. The van der Waals surface area contributed by atoms with Gasteiger partial charge in [0.25, 0.3) is 5.91 Å². The summed E-state index contributed by atoms with van der Waals surface area (Å²) in [7, 11) is 0. The zero-order valence-corrected chi connectivity index (χ0v) is 28.8. The molecule has 5 N–H and O–H groups in total. The largest absolute Gasteiger partial charge is 0.374 e. The predicted molar refractivity (Wildman–Crippen MR) is 168 cm³/mol. The summed E-state index contributed by atoms with van der Waals surface area (Å²) in [4.78, 5) is 67.6. The molecule has 44 heavy (non-hydrogen) atoms. The van der Waals surface area contributed by atoms with Gasteiger partial charge < -0.3 is 31.3 Å². The number of piperidine rings is 1. The molecule has 3 unspecified atom stereocenters. The van der Waals surface area contributed by atoms with E-state index in [-0.39, 0.29) is 46.1 Å². The van der Waals surface area contributed by atoms with Crippen molar-refractivity contribution < 1.29 is 28.7 Å². The first-order chi connectivity index (χ1) is 19.9. The number of carbonyl (C=O) groups excluding carboxylic acids is 5. The molecule has 3 aliphatic rings. The molecule has 0 aromatic rings. The number of rotatable bonds is 11. The number of Topliss-reactive ketones (excluding diaryl/α,β-unsaturated/α-hetero) is 1. The second kappa shape index (κ2) is 12.6. The van der Waals surface area contributed by atoms with E-state index in [2.05, 4.69) is 29.8 Å². The van der Waals surface area contributed by atoms with Crippen LogP contribution in [0, 0.1) is 34.0 Å². The number of nitrogens with one attached hydrogen (secondary N) is 3. The van der Waals surface area contributed by atoms with Crippen molar-refractivity contribution in [3.8, 4) is 0 Å². The highest BCUT2D eigenvalue weighted by atomic mass is 16.5. The molecule has 11 nitrogen and oxygen atoms in total. The Balaban J connectivity index is 1.81. The summed E-state index contributed by atoms with van der Waals surface area (Å²) in [6, 6.07) is -3.60. The SMILES string of the molecule is CC(C)(C)OC[C@H](NC(=O)N[C@H](C(=O)N1CC2C([C@H]1C(=O)NC(CC1CCC1)C(=O)C(N)=O)C2(C)C)C(C)(C)C)C(C)(C)C. The zero-order chi connectivity index (χ0) is 33.6. The van der Waals surface area contributed by atoms with E-state index in [1.165, 1.54) is 0 Å². The molecule has 0 aromatic carbocycles. The number of fused-ring (bicyclic) bond motifs is 1. The topological polar surface area (TPSA) is 160 Å². The second-order valence-electron chi connectivity index (χ2n) is 17.0. The van der Waals surface area contributed by atoms with E-state index in [9.17, 15) is 24.0 Å². The lowest BCUT2D eigenvalue weighted by Gasteiger charge is -2.39. The van der Waals surface area contributed by atoms with E-state index in [0.29, 0.717) is 19.6 Å². The lowest BCUT2D eigenvalue weighted by Crippen LogP contribution is -2.62. The Labute approximate surface area is 263 Å². The molecule has 2 saturated carbocycles. The van der Waals surface area contributed by atoms with E-state index in [4.69, 9.17) is 10.5 Å². The Bertz CT molecular complexity index is 1130. The van der Waals surface area contributed by atoms with Gasteiger partial charge in [-0.1, -0.05) is 74.7 Å². The Kier molecular flexibility index (Phi) is 10.2. The summed E-state index contributed by atoms with van der Waals surface area (Å²) in [6.45, 7) is 22.3. The summed E-state index contributed by atoms with van der Waals surface area (Å²) < 4.78 is 5.98. The van der Waals surface area contributed by atoms with E-state index in [1.807, 2.05) is 62.3 Å². The molecule has 2 aliphatic carbocycles. The Morgan fingerprint density at radius 1 is 0.909 bits per heavy atom. The Morgan fingerprint density at radius 2 is 1.50 bits per heavy atom. The van der Waals surface area contributed by atoms with Gasteiger partial charge in [0.15, 0.2) is 0 Å². The van der Waals surface area contributed by atoms with Crippen LogP contribution in [0.1, 0.15) is 102 Å². The molecular weight excluding hydrogens is 562 g/mol. The first kappa shape index (κ1) is 35.8. The van der Waals surface area contributed by atoms with Crippen LogP contribution >= 0.6 is 0 Å². The lowest BCUT2D eigenvalue weighted by molar-refractivity contribution is -0.145. The minimum absolute atomic E-state index is 0.103. The maximum absolute atomic E-state index is 14.3. The van der Waals surface area contributed by atoms with Gasteiger partial charge in [-0.15, -0.1) is 0 Å². The summed E-state index contributed by atoms with van der Waals surface area (Å²) in [5, 5.41) is 8.74. The fraction of sp³-hybridized carbons (Fsp3) is 0.848. The molecule has 0 aromatic heterocycles. The molecule has 6 atom stereocenters. The lowest BCUT2D eigenvalue weighted by atomic mass is 9.80. The number of nitrogens with two attached hydrogens (primary N) is 1. The number of nitrogens with zero attached hydrogens (tertiary/aromatic N) is 1. The second-order valence-corrected chi connectivity index (χ2v) is 17.0. The maximum Gasteiger partial charge on any atom is 0.315 e. The van der Waals surface area contributed by atoms with Crippen molar-refractivity contribution in [2.24, 2.45) is 39.7 Å². The third kappa shape index (κ3) is 8.31. The predicted octanol–water partition coefficient (Wildman–Crippen LogP) is 3.14. The van der Waals surface area contributed by atoms with Crippen LogP contribution in [0.4, 0.5) is 4.79 Å². The highest BCUT2D eigenvalue weighted by Crippen LogP contribution is 2.65. The van der Waals surface area contributed by atoms with Crippen molar-refractivity contribution >= 4 is 29.5 Å². The molecule has 0 bridgehead atoms. The van der Waals surface area contributed by atoms with E-state index in [1.54, 1.807) is 4.90 Å². The molecule has 0 spiro atoms. The van der Waals surface area contributed by atoms with Crippen molar-refractivity contribution in [3.63, 3.8) is 0 Å². The van der Waals surface area contributed by atoms with Gasteiger partial charge in [0.1, 0.15) is 12.1 Å². The first-order valence-corrected chi connectivity index (χ1v) is 16.1. The van der Waals surface area contributed by atoms with Gasteiger partial charge in [-0.05, 0) is 61.2 Å². The average molecular weight is 620 g/mol. The van der Waals surface area contributed by atoms with Crippen molar-refractivity contribution in [1.29, 1.82) is 0 Å². The number of hydrogen-bond acceptors (Lipinski definition) is 6. The quantitative estimate of drug-likeness (QED) is 0.260. The summed E-state index contributed by atoms with van der Waals surface area (Å²) >= 11 is 0. The van der Waals surface area contributed by atoms with Crippen LogP contribution in [-0.4, -0.2) is 77.4 Å². The van der Waals surface area contributed by atoms with Crippen LogP contribution in [0.15, 0.2) is 0 Å². The smallest absolute Gasteiger partial charge is 0.315 e. The summed E-state index contributed by atoms with van der Waals surface area (Å²) in [6.07, 6.45) is 3.27. The molecule has 3 fully saturated rings. The number of hydrogen-bond donors (Lipinski definition) is 4. The molecule has 5 amide bonds. The molecule has 1 saturated heterocycles. The third-order valence-corrected chi connectivity index (χ3v) is 9.85. The van der Waals surface area contributed by atoms with E-state index in [0.717, 1.165) is 19.3 Å². The van der Waals surface area contributed by atoms with Gasteiger partial charge in [-0.2, -0.15) is 0 Å². The Morgan fingerprint density at radius 3 is 1.95 bits per heavy atom. The van der Waals surface area contributed by atoms with Crippen molar-refractivity contribution in [3.05, 3.63) is 0 Å². The van der Waals surface area contributed by atoms with E-state index >= 15 is 0 Å². The van der Waals surface area contributed by atoms with Gasteiger partial charge in [0, 0.05) is 6.54 Å². The normalized spacial score (nSPS) is 25.2. The van der Waals surface area contributed by atoms with Gasteiger partial charge in [0.2, 0.25) is 17.6 Å². The number of likely N-dealkylation sites (tertiary alicyclic amines) is 1. The third-order valence-electron chi connectivity index (χ3n) is 9.85. The molecule has 250 valence electrons. The first-order valence-electron chi connectivity index (χ1n) is 16.1. The highest BCUT2D eigenvalue weighted by Gasteiger charge is 2.70. The average Bonchev–Trinajstić information content (AvgIpc) is 3.17. The van der Waals surface area contributed by atoms with Crippen LogP contribution in [0.5, 0.6) is 0 Å². The number of amides is 5. The van der Waals surface area contributed by atoms with Gasteiger partial charge >= 0.3 is 6.03 Å². The summed E-state index contributed by atoms with van der Waals surface area (Å²) in [5.74, 6) is -2.47. The standard InChI is InChI=1S/C33H57N5O6/c1-30(2,3)21(17-44-32(7,8)9)36-29(43)37-25(31(4,5)6)28(42)38-16-19-22(33(19,10)11)23(38)27(41)35-20(24(39)26(34)40)15-18-13-12-14-18/h18-23,25H,12-17H2,1-11H3,(H2,34,40)(H,35,41)(H2,36,37,43)/t19?,20?,21-,22?,23-,25+/m0/s1. The number of ether oxygens (including phenoxy) is 1. The fourth-order valence-corrected chi connectivity index (χ4v) is 6.52. The summed E-state index contributed by atoms with van der Waals surface area (Å²) in [5.41, 5.74) is 3.80. The van der Waals surface area contributed by atoms with Crippen LogP contribution < -0.4 is 21.7 Å². The van der Waals surface area contributed by atoms with E-state index < -0.39 is 47.2 Å². The monoisotopic (exact) mass is 619 g/mol. The van der Waals surface area contributed by atoms with Crippen molar-refractivity contribution in [2.45, 2.75) is 132 Å². The molecule has 1 heterocycles. The number of urea groups is 1. The minimum Gasteiger partial charge on any atom is -0.374 e. The number of ketones is 1. The highest BCUT2D eigenvalue weighted by molar-refractivity contribution is 6.37. The number of carbonyl (C=O) groups is 5. The van der Waals surface area contributed by atoms with Crippen molar-refractivity contribution in [2.75, 3.05) is 13.2 Å². The minimum atomic E-state index is -1.08. The van der Waals surface area contributed by atoms with Gasteiger partial charge in [-0.25, -0.2) is 4.79 Å². The molecule has 3 rings (SSSR count). The molecule has 11 heteroatoms. The molecule has 1 aliphatic heterocycles. The van der Waals surface area contributed by atoms with Gasteiger partial charge in [0.05, 0.1) is 24.3 Å². The molecular formula is C33H57N5O6. The van der Waals surface area contributed by atoms with Gasteiger partial charge in [-0.3, -0.25) is 19.2 Å². The fourth-order valence-electron chi connectivity index (χ4n) is 6.52.